The summed E-state index contributed by atoms with van der Waals surface area (Å²) in [5.74, 6) is 0.179. The zero-order valence-corrected chi connectivity index (χ0v) is 12.3. The fraction of sp³-hybridized carbons (Fsp3) is 0.588. The summed E-state index contributed by atoms with van der Waals surface area (Å²) in [6.45, 7) is 0.999. The molecule has 1 aromatic carbocycles. The fourth-order valence-electron chi connectivity index (χ4n) is 4.01. The Morgan fingerprint density at radius 2 is 1.76 bits per heavy atom. The number of likely N-dealkylation sites (tertiary alicyclic amines) is 1. The molecule has 1 aromatic rings. The van der Waals surface area contributed by atoms with Crippen LogP contribution in [0.25, 0.3) is 0 Å². The van der Waals surface area contributed by atoms with E-state index in [1.807, 2.05) is 12.1 Å². The third-order valence-corrected chi connectivity index (χ3v) is 5.13. The number of primary amides is 1. The van der Waals surface area contributed by atoms with Crippen molar-refractivity contribution in [2.45, 2.75) is 56.5 Å². The Hall–Kier alpha value is -1.42. The number of benzene rings is 1. The van der Waals surface area contributed by atoms with Crippen LogP contribution in [0.3, 0.4) is 0 Å². The van der Waals surface area contributed by atoms with E-state index in [0.29, 0.717) is 12.0 Å². The molecule has 1 saturated heterocycles. The van der Waals surface area contributed by atoms with Crippen molar-refractivity contribution in [2.75, 3.05) is 6.54 Å². The lowest BCUT2D eigenvalue weighted by molar-refractivity contribution is -0.123. The molecule has 2 N–H and O–H groups in total. The van der Waals surface area contributed by atoms with E-state index >= 15 is 0 Å². The number of carbonyl (C=O) groups is 1. The predicted octanol–water partition coefficient (Wildman–Crippen LogP) is 2.80. The normalized spacial score (nSPS) is 30.4. The third-order valence-electron chi connectivity index (χ3n) is 5.13. The minimum absolute atomic E-state index is 0.0580. The van der Waals surface area contributed by atoms with Crippen LogP contribution in [-0.2, 0) is 4.79 Å². The van der Waals surface area contributed by atoms with E-state index in [2.05, 4.69) is 4.90 Å². The van der Waals surface area contributed by atoms with Crippen LogP contribution in [0.2, 0.25) is 0 Å². The van der Waals surface area contributed by atoms with Crippen LogP contribution in [-0.4, -0.2) is 29.4 Å². The van der Waals surface area contributed by atoms with E-state index in [1.165, 1.54) is 5.56 Å². The largest absolute Gasteiger partial charge is 0.368 e. The lowest BCUT2D eigenvalue weighted by Gasteiger charge is -2.37. The summed E-state index contributed by atoms with van der Waals surface area (Å²) in [5, 5.41) is 0. The summed E-state index contributed by atoms with van der Waals surface area (Å²) in [7, 11) is 0. The van der Waals surface area contributed by atoms with Gasteiger partial charge in [0.15, 0.2) is 0 Å². The molecule has 0 spiro atoms. The highest BCUT2D eigenvalue weighted by molar-refractivity contribution is 5.80. The van der Waals surface area contributed by atoms with Gasteiger partial charge in [-0.15, -0.1) is 0 Å². The Balaban J connectivity index is 1.60. The molecule has 2 aliphatic rings. The van der Waals surface area contributed by atoms with E-state index in [0.717, 1.165) is 45.1 Å². The first kappa shape index (κ1) is 14.5. The highest BCUT2D eigenvalue weighted by Crippen LogP contribution is 2.36. The van der Waals surface area contributed by atoms with Crippen molar-refractivity contribution >= 4 is 5.91 Å². The number of carbonyl (C=O) groups excluding carboxylic acids is 1. The van der Waals surface area contributed by atoms with Crippen LogP contribution < -0.4 is 5.73 Å². The van der Waals surface area contributed by atoms with Crippen molar-refractivity contribution in [1.29, 1.82) is 0 Å². The van der Waals surface area contributed by atoms with Crippen molar-refractivity contribution in [3.05, 3.63) is 35.6 Å². The first-order valence-electron chi connectivity index (χ1n) is 7.95. The van der Waals surface area contributed by atoms with Crippen molar-refractivity contribution in [2.24, 2.45) is 5.73 Å². The minimum atomic E-state index is -0.173. The lowest BCUT2D eigenvalue weighted by atomic mass is 9.81. The molecule has 0 radical (unpaired) electrons. The van der Waals surface area contributed by atoms with Gasteiger partial charge in [0.2, 0.25) is 5.91 Å². The van der Waals surface area contributed by atoms with Gasteiger partial charge >= 0.3 is 0 Å². The second kappa shape index (κ2) is 6.14. The van der Waals surface area contributed by atoms with Crippen molar-refractivity contribution in [3.8, 4) is 0 Å². The maximum Gasteiger partial charge on any atom is 0.234 e. The van der Waals surface area contributed by atoms with Gasteiger partial charge < -0.3 is 5.73 Å². The number of nitrogens with zero attached hydrogens (tertiary/aromatic N) is 1. The van der Waals surface area contributed by atoms with Gasteiger partial charge in [0.1, 0.15) is 5.82 Å². The average Bonchev–Trinajstić information content (AvgIpc) is 2.98. The molecule has 1 aliphatic heterocycles. The molecule has 3 rings (SSSR count). The maximum absolute atomic E-state index is 13.0. The molecule has 1 saturated carbocycles. The zero-order chi connectivity index (χ0) is 14.8. The van der Waals surface area contributed by atoms with Gasteiger partial charge in [-0.05, 0) is 68.7 Å². The van der Waals surface area contributed by atoms with E-state index < -0.39 is 0 Å². The smallest absolute Gasteiger partial charge is 0.234 e. The molecule has 21 heavy (non-hydrogen) atoms. The first-order valence-corrected chi connectivity index (χ1v) is 7.95. The fourth-order valence-corrected chi connectivity index (χ4v) is 4.01. The van der Waals surface area contributed by atoms with Crippen LogP contribution in [0, 0.1) is 5.82 Å². The highest BCUT2D eigenvalue weighted by Gasteiger charge is 2.36. The van der Waals surface area contributed by atoms with Gasteiger partial charge in [-0.2, -0.15) is 0 Å². The topological polar surface area (TPSA) is 46.3 Å². The Labute approximate surface area is 125 Å². The van der Waals surface area contributed by atoms with Gasteiger partial charge in [-0.25, -0.2) is 4.39 Å². The molecule has 1 atom stereocenters. The number of amides is 1. The van der Waals surface area contributed by atoms with Crippen molar-refractivity contribution < 1.29 is 9.18 Å². The standard InChI is InChI=1S/C17H23FN2O/c18-14-7-3-12(4-8-14)13-5-9-15(10-6-13)20-11-1-2-16(20)17(19)21/h3-4,7-8,13,15-16H,1-2,5-6,9-11H2,(H2,19,21). The zero-order valence-electron chi connectivity index (χ0n) is 12.3. The van der Waals surface area contributed by atoms with Crippen LogP contribution in [0.1, 0.15) is 50.0 Å². The van der Waals surface area contributed by atoms with Crippen LogP contribution in [0.4, 0.5) is 4.39 Å². The monoisotopic (exact) mass is 290 g/mol. The van der Waals surface area contributed by atoms with Gasteiger partial charge in [-0.3, -0.25) is 9.69 Å². The molecular weight excluding hydrogens is 267 g/mol. The van der Waals surface area contributed by atoms with E-state index in [1.54, 1.807) is 12.1 Å². The summed E-state index contributed by atoms with van der Waals surface area (Å²) in [4.78, 5) is 13.8. The Bertz CT molecular complexity index is 494. The highest BCUT2D eigenvalue weighted by atomic mass is 19.1. The second-order valence-electron chi connectivity index (χ2n) is 6.36. The van der Waals surface area contributed by atoms with Crippen LogP contribution in [0.5, 0.6) is 0 Å². The molecule has 1 unspecified atom stereocenters. The van der Waals surface area contributed by atoms with Crippen LogP contribution >= 0.6 is 0 Å². The summed E-state index contributed by atoms with van der Waals surface area (Å²) in [6.07, 6.45) is 6.41. The molecule has 1 aliphatic carbocycles. The minimum Gasteiger partial charge on any atom is -0.368 e. The molecule has 3 nitrogen and oxygen atoms in total. The quantitative estimate of drug-likeness (QED) is 0.930. The molecular formula is C17H23FN2O. The maximum atomic E-state index is 13.0. The summed E-state index contributed by atoms with van der Waals surface area (Å²) in [6, 6.07) is 7.33. The second-order valence-corrected chi connectivity index (χ2v) is 6.36. The lowest BCUT2D eigenvalue weighted by Crippen LogP contribution is -2.47. The number of nitrogens with two attached hydrogens (primary N) is 1. The SMILES string of the molecule is NC(=O)C1CCCN1C1CCC(c2ccc(F)cc2)CC1. The summed E-state index contributed by atoms with van der Waals surface area (Å²) in [5.41, 5.74) is 6.75. The molecule has 114 valence electrons. The Morgan fingerprint density at radius 1 is 1.10 bits per heavy atom. The van der Waals surface area contributed by atoms with Gasteiger partial charge in [0, 0.05) is 6.04 Å². The number of hydrogen-bond donors (Lipinski definition) is 1. The Morgan fingerprint density at radius 3 is 2.38 bits per heavy atom. The number of hydrogen-bond acceptors (Lipinski definition) is 2. The van der Waals surface area contributed by atoms with Gasteiger partial charge in [0.25, 0.3) is 0 Å². The number of rotatable bonds is 3. The van der Waals surface area contributed by atoms with Crippen molar-refractivity contribution in [1.82, 2.24) is 4.90 Å². The molecule has 4 heteroatoms. The average molecular weight is 290 g/mol. The van der Waals surface area contributed by atoms with Crippen LogP contribution in [0.15, 0.2) is 24.3 Å². The van der Waals surface area contributed by atoms with E-state index in [9.17, 15) is 9.18 Å². The number of halogens is 1. The Kier molecular flexibility index (Phi) is 4.24. The molecule has 2 fully saturated rings. The van der Waals surface area contributed by atoms with E-state index in [4.69, 9.17) is 5.73 Å². The van der Waals surface area contributed by atoms with Gasteiger partial charge in [0.05, 0.1) is 6.04 Å². The molecule has 1 heterocycles. The molecule has 0 aromatic heterocycles. The summed E-state index contributed by atoms with van der Waals surface area (Å²) >= 11 is 0. The van der Waals surface area contributed by atoms with E-state index in [-0.39, 0.29) is 17.8 Å². The third kappa shape index (κ3) is 3.10. The predicted molar refractivity (Wildman–Crippen MR) is 80.3 cm³/mol. The summed E-state index contributed by atoms with van der Waals surface area (Å²) < 4.78 is 13.0. The molecule has 1 amide bonds. The van der Waals surface area contributed by atoms with Crippen molar-refractivity contribution in [3.63, 3.8) is 0 Å². The first-order chi connectivity index (χ1) is 10.1. The molecule has 0 bridgehead atoms. The van der Waals surface area contributed by atoms with Gasteiger partial charge in [-0.1, -0.05) is 12.1 Å².